The number of carbonyl (C=O) groups excluding carboxylic acids is 1. The van der Waals surface area contributed by atoms with Gasteiger partial charge in [-0.1, -0.05) is 18.2 Å². The number of nitrogens with zero attached hydrogens (tertiary/aromatic N) is 3. The molecule has 0 spiro atoms. The van der Waals surface area contributed by atoms with Gasteiger partial charge in [0.05, 0.1) is 0 Å². The van der Waals surface area contributed by atoms with E-state index in [0.717, 1.165) is 17.0 Å². The molecule has 0 saturated heterocycles. The molecule has 3 aromatic rings. The normalized spacial score (nSPS) is 10.5. The summed E-state index contributed by atoms with van der Waals surface area (Å²) in [6.07, 6.45) is 7.18. The topological polar surface area (TPSA) is 59.8 Å². The summed E-state index contributed by atoms with van der Waals surface area (Å²) >= 11 is 0. The minimum absolute atomic E-state index is 0.0499. The van der Waals surface area contributed by atoms with Crippen LogP contribution in [0.5, 0.6) is 0 Å². The molecule has 5 heteroatoms. The Morgan fingerprint density at radius 2 is 2.04 bits per heavy atom. The number of rotatable bonds is 5. The second-order valence-electron chi connectivity index (χ2n) is 5.26. The Labute approximate surface area is 135 Å². The first kappa shape index (κ1) is 15.0. The number of pyridine rings is 1. The summed E-state index contributed by atoms with van der Waals surface area (Å²) in [7, 11) is 0. The van der Waals surface area contributed by atoms with Crippen molar-refractivity contribution in [3.8, 4) is 11.4 Å². The van der Waals surface area contributed by atoms with Gasteiger partial charge in [0.15, 0.2) is 0 Å². The smallest absolute Gasteiger partial charge is 0.251 e. The van der Waals surface area contributed by atoms with Crippen LogP contribution in [-0.4, -0.2) is 27.0 Å². The highest BCUT2D eigenvalue weighted by Gasteiger charge is 2.09. The number of amides is 1. The summed E-state index contributed by atoms with van der Waals surface area (Å²) in [5.41, 5.74) is 2.65. The molecule has 2 aromatic heterocycles. The fourth-order valence-corrected chi connectivity index (χ4v) is 2.46. The van der Waals surface area contributed by atoms with Crippen molar-refractivity contribution in [2.24, 2.45) is 0 Å². The molecule has 5 nitrogen and oxygen atoms in total. The molecule has 0 aliphatic rings. The Morgan fingerprint density at radius 3 is 2.83 bits per heavy atom. The van der Waals surface area contributed by atoms with E-state index in [0.29, 0.717) is 18.7 Å². The van der Waals surface area contributed by atoms with Gasteiger partial charge in [0, 0.05) is 49.0 Å². The summed E-state index contributed by atoms with van der Waals surface area (Å²) in [4.78, 5) is 20.7. The Kier molecular flexibility index (Phi) is 4.47. The van der Waals surface area contributed by atoms with E-state index in [-0.39, 0.29) is 5.91 Å². The molecule has 2 heterocycles. The molecule has 0 atom stereocenters. The summed E-state index contributed by atoms with van der Waals surface area (Å²) in [5, 5.41) is 2.95. The van der Waals surface area contributed by atoms with E-state index in [4.69, 9.17) is 0 Å². The van der Waals surface area contributed by atoms with Crippen molar-refractivity contribution in [1.82, 2.24) is 19.9 Å². The van der Waals surface area contributed by atoms with Gasteiger partial charge in [-0.25, -0.2) is 4.98 Å². The second kappa shape index (κ2) is 6.87. The Hall–Kier alpha value is -2.95. The fraction of sp³-hybridized carbons (Fsp3) is 0.167. The van der Waals surface area contributed by atoms with Crippen LogP contribution >= 0.6 is 0 Å². The molecule has 1 aromatic carbocycles. The lowest BCUT2D eigenvalue weighted by atomic mass is 10.1. The van der Waals surface area contributed by atoms with Crippen LogP contribution in [0, 0.1) is 6.92 Å². The van der Waals surface area contributed by atoms with Crippen molar-refractivity contribution in [2.75, 3.05) is 6.54 Å². The number of aromatic nitrogens is 3. The summed E-state index contributed by atoms with van der Waals surface area (Å²) < 4.78 is 2.01. The van der Waals surface area contributed by atoms with Crippen molar-refractivity contribution in [3.05, 3.63) is 72.3 Å². The van der Waals surface area contributed by atoms with Crippen LogP contribution < -0.4 is 5.32 Å². The van der Waals surface area contributed by atoms with Gasteiger partial charge in [-0.15, -0.1) is 0 Å². The Bertz CT molecular complexity index is 796. The van der Waals surface area contributed by atoms with Crippen molar-refractivity contribution in [3.63, 3.8) is 0 Å². The van der Waals surface area contributed by atoms with Gasteiger partial charge < -0.3 is 9.88 Å². The van der Waals surface area contributed by atoms with E-state index in [2.05, 4.69) is 15.3 Å². The zero-order chi connectivity index (χ0) is 16.1. The van der Waals surface area contributed by atoms with Crippen molar-refractivity contribution in [2.45, 2.75) is 13.5 Å². The van der Waals surface area contributed by atoms with Crippen molar-refractivity contribution >= 4 is 5.91 Å². The standard InChI is InChI=1S/C18H18N4O/c1-14-5-2-3-7-16(14)18(23)21-10-12-22-11-9-20-17(22)15-6-4-8-19-13-15/h2-9,11,13H,10,12H2,1H3,(H,21,23). The predicted octanol–water partition coefficient (Wildman–Crippen LogP) is 2.68. The third-order valence-electron chi connectivity index (χ3n) is 3.66. The lowest BCUT2D eigenvalue weighted by Gasteiger charge is -2.10. The monoisotopic (exact) mass is 306 g/mol. The molecule has 0 fully saturated rings. The molecule has 0 bridgehead atoms. The average Bonchev–Trinajstić information content (AvgIpc) is 3.04. The van der Waals surface area contributed by atoms with Crippen LogP contribution in [0.25, 0.3) is 11.4 Å². The van der Waals surface area contributed by atoms with Crippen molar-refractivity contribution < 1.29 is 4.79 Å². The SMILES string of the molecule is Cc1ccccc1C(=O)NCCn1ccnc1-c1cccnc1. The molecular weight excluding hydrogens is 288 g/mol. The molecule has 23 heavy (non-hydrogen) atoms. The van der Waals surface area contributed by atoms with E-state index >= 15 is 0 Å². The van der Waals surface area contributed by atoms with Gasteiger partial charge in [0.1, 0.15) is 5.82 Å². The minimum atomic E-state index is -0.0499. The van der Waals surface area contributed by atoms with Crippen LogP contribution in [0.15, 0.2) is 61.2 Å². The molecule has 3 rings (SSSR count). The Balaban J connectivity index is 1.63. The van der Waals surface area contributed by atoms with E-state index in [1.54, 1.807) is 18.6 Å². The average molecular weight is 306 g/mol. The van der Waals surface area contributed by atoms with Crippen LogP contribution in [0.3, 0.4) is 0 Å². The van der Waals surface area contributed by atoms with Gasteiger partial charge >= 0.3 is 0 Å². The predicted molar refractivity (Wildman–Crippen MR) is 89.0 cm³/mol. The molecule has 0 unspecified atom stereocenters. The van der Waals surface area contributed by atoms with Crippen molar-refractivity contribution in [1.29, 1.82) is 0 Å². The van der Waals surface area contributed by atoms with Crippen LogP contribution in [0.2, 0.25) is 0 Å². The fourth-order valence-electron chi connectivity index (χ4n) is 2.46. The second-order valence-corrected chi connectivity index (χ2v) is 5.26. The number of hydrogen-bond acceptors (Lipinski definition) is 3. The number of imidazole rings is 1. The van der Waals surface area contributed by atoms with Gasteiger partial charge in [-0.05, 0) is 30.7 Å². The quantitative estimate of drug-likeness (QED) is 0.788. The highest BCUT2D eigenvalue weighted by Crippen LogP contribution is 2.15. The third-order valence-corrected chi connectivity index (χ3v) is 3.66. The maximum Gasteiger partial charge on any atom is 0.251 e. The molecule has 1 amide bonds. The highest BCUT2D eigenvalue weighted by atomic mass is 16.1. The summed E-state index contributed by atoms with van der Waals surface area (Å²) in [5.74, 6) is 0.800. The lowest BCUT2D eigenvalue weighted by Crippen LogP contribution is -2.27. The maximum absolute atomic E-state index is 12.2. The molecule has 116 valence electrons. The zero-order valence-corrected chi connectivity index (χ0v) is 12.9. The van der Waals surface area contributed by atoms with Crippen LogP contribution in [0.4, 0.5) is 0 Å². The minimum Gasteiger partial charge on any atom is -0.350 e. The van der Waals surface area contributed by atoms with Gasteiger partial charge in [0.25, 0.3) is 5.91 Å². The van der Waals surface area contributed by atoms with E-state index in [1.807, 2.05) is 54.1 Å². The van der Waals surface area contributed by atoms with Gasteiger partial charge in [-0.2, -0.15) is 0 Å². The first-order valence-electron chi connectivity index (χ1n) is 7.51. The molecular formula is C18H18N4O. The number of nitrogens with one attached hydrogen (secondary N) is 1. The zero-order valence-electron chi connectivity index (χ0n) is 12.9. The molecule has 0 radical (unpaired) electrons. The van der Waals surface area contributed by atoms with E-state index < -0.39 is 0 Å². The number of hydrogen-bond donors (Lipinski definition) is 1. The van der Waals surface area contributed by atoms with E-state index in [1.165, 1.54) is 0 Å². The lowest BCUT2D eigenvalue weighted by molar-refractivity contribution is 0.0951. The maximum atomic E-state index is 12.2. The number of carbonyl (C=O) groups is 1. The molecule has 0 saturated carbocycles. The van der Waals surface area contributed by atoms with Gasteiger partial charge in [-0.3, -0.25) is 9.78 Å². The first-order chi connectivity index (χ1) is 11.3. The van der Waals surface area contributed by atoms with E-state index in [9.17, 15) is 4.79 Å². The first-order valence-corrected chi connectivity index (χ1v) is 7.51. The molecule has 1 N–H and O–H groups in total. The highest BCUT2D eigenvalue weighted by molar-refractivity contribution is 5.95. The van der Waals surface area contributed by atoms with Crippen LogP contribution in [0.1, 0.15) is 15.9 Å². The Morgan fingerprint density at radius 1 is 1.17 bits per heavy atom. The largest absolute Gasteiger partial charge is 0.350 e. The number of aryl methyl sites for hydroxylation is 1. The molecule has 0 aliphatic carbocycles. The molecule has 0 aliphatic heterocycles. The van der Waals surface area contributed by atoms with Crippen LogP contribution in [-0.2, 0) is 6.54 Å². The summed E-state index contributed by atoms with van der Waals surface area (Å²) in [6, 6.07) is 11.4. The number of benzene rings is 1. The summed E-state index contributed by atoms with van der Waals surface area (Å²) in [6.45, 7) is 3.13. The third kappa shape index (κ3) is 3.45. The van der Waals surface area contributed by atoms with Gasteiger partial charge in [0.2, 0.25) is 0 Å².